The number of nitrogens with two attached hydrogens (primary N) is 1. The molecule has 28 heavy (non-hydrogen) atoms. The third kappa shape index (κ3) is 5.85. The molecule has 2 aromatic rings. The third-order valence-corrected chi connectivity index (χ3v) is 4.12. The first-order valence-corrected chi connectivity index (χ1v) is 8.86. The topological polar surface area (TPSA) is 138 Å². The Balaban J connectivity index is 0.000000640. The van der Waals surface area contributed by atoms with Gasteiger partial charge in [-0.2, -0.15) is 0 Å². The summed E-state index contributed by atoms with van der Waals surface area (Å²) < 4.78 is 0. The van der Waals surface area contributed by atoms with Crippen molar-refractivity contribution >= 4 is 24.2 Å². The van der Waals surface area contributed by atoms with Gasteiger partial charge in [-0.05, 0) is 30.0 Å². The summed E-state index contributed by atoms with van der Waals surface area (Å²) in [4.78, 5) is 51.4. The minimum Gasteiger partial charge on any atom is -0.364 e. The average molecular weight is 385 g/mol. The number of amides is 1. The Morgan fingerprint density at radius 3 is 2.75 bits per heavy atom. The van der Waals surface area contributed by atoms with E-state index in [1.165, 1.54) is 11.9 Å². The van der Waals surface area contributed by atoms with Crippen LogP contribution in [0.3, 0.4) is 0 Å². The van der Waals surface area contributed by atoms with Crippen LogP contribution < -0.4 is 21.5 Å². The lowest BCUT2D eigenvalue weighted by atomic mass is 9.99. The predicted octanol–water partition coefficient (Wildman–Crippen LogP) is -0.205. The molecule has 0 saturated heterocycles. The fraction of sp³-hybridized carbons (Fsp3) is 0.316. The summed E-state index contributed by atoms with van der Waals surface area (Å²) in [5, 5.41) is 2.75. The second-order valence-corrected chi connectivity index (χ2v) is 6.06. The van der Waals surface area contributed by atoms with Crippen molar-refractivity contribution in [2.45, 2.75) is 19.4 Å². The molecule has 0 aliphatic carbocycles. The fourth-order valence-corrected chi connectivity index (χ4v) is 2.85. The molecule has 148 valence electrons. The molecule has 1 aromatic carbocycles. The van der Waals surface area contributed by atoms with Crippen LogP contribution in [0.5, 0.6) is 0 Å². The van der Waals surface area contributed by atoms with E-state index in [1.54, 1.807) is 0 Å². The number of carbonyl (C=O) groups is 3. The summed E-state index contributed by atoms with van der Waals surface area (Å²) >= 11 is 0. The highest BCUT2D eigenvalue weighted by atomic mass is 16.2. The SMILES string of the molecule is NCC=O.O=CCN1CCCc2ccc(CNC(=O)c3cc(=O)[nH]cn3)cc21. The van der Waals surface area contributed by atoms with Gasteiger partial charge in [-0.25, -0.2) is 4.98 Å². The van der Waals surface area contributed by atoms with Crippen molar-refractivity contribution in [2.75, 3.05) is 24.5 Å². The molecular weight excluding hydrogens is 362 g/mol. The van der Waals surface area contributed by atoms with Gasteiger partial charge in [0.1, 0.15) is 18.3 Å². The van der Waals surface area contributed by atoms with Gasteiger partial charge in [0, 0.05) is 31.4 Å². The molecule has 0 spiro atoms. The standard InChI is InChI=1S/C17H18N4O3.C2H5NO/c22-7-6-21-5-1-2-13-4-3-12(8-15(13)21)10-18-17(24)14-9-16(23)20-11-19-14;3-1-2-4/h3-4,7-9,11H,1-2,5-6,10H2,(H,18,24)(H,19,20,23);2H,1,3H2. The number of benzene rings is 1. The van der Waals surface area contributed by atoms with Crippen molar-refractivity contribution < 1.29 is 14.4 Å². The zero-order valence-corrected chi connectivity index (χ0v) is 15.4. The number of aryl methyl sites for hydroxylation is 1. The monoisotopic (exact) mass is 385 g/mol. The highest BCUT2D eigenvalue weighted by Gasteiger charge is 2.17. The molecule has 0 atom stereocenters. The number of aromatic amines is 1. The molecular formula is C19H23N5O4. The number of rotatable bonds is 6. The first kappa shape index (κ1) is 21.0. The van der Waals surface area contributed by atoms with Crippen LogP contribution in [0.4, 0.5) is 5.69 Å². The molecule has 9 heteroatoms. The number of carbonyl (C=O) groups excluding carboxylic acids is 3. The van der Waals surface area contributed by atoms with Crippen molar-refractivity contribution in [1.82, 2.24) is 15.3 Å². The number of hydrogen-bond acceptors (Lipinski definition) is 7. The maximum Gasteiger partial charge on any atom is 0.270 e. The Kier molecular flexibility index (Phi) is 8.04. The molecule has 9 nitrogen and oxygen atoms in total. The Hall–Kier alpha value is -3.33. The van der Waals surface area contributed by atoms with E-state index >= 15 is 0 Å². The molecule has 4 N–H and O–H groups in total. The molecule has 0 fully saturated rings. The Labute approximate surface area is 162 Å². The van der Waals surface area contributed by atoms with Gasteiger partial charge in [-0.1, -0.05) is 12.1 Å². The van der Waals surface area contributed by atoms with E-state index in [1.807, 2.05) is 18.2 Å². The lowest BCUT2D eigenvalue weighted by Crippen LogP contribution is -2.31. The number of aromatic nitrogens is 2. The molecule has 2 heterocycles. The van der Waals surface area contributed by atoms with E-state index in [2.05, 4.69) is 25.9 Å². The summed E-state index contributed by atoms with van der Waals surface area (Å²) in [6, 6.07) is 7.17. The average Bonchev–Trinajstić information content (AvgIpc) is 2.72. The summed E-state index contributed by atoms with van der Waals surface area (Å²) in [6.45, 7) is 1.70. The van der Waals surface area contributed by atoms with E-state index in [0.717, 1.165) is 43.0 Å². The molecule has 1 aromatic heterocycles. The van der Waals surface area contributed by atoms with Gasteiger partial charge in [0.05, 0.1) is 12.9 Å². The second kappa shape index (κ2) is 10.7. The Bertz CT molecular complexity index is 881. The number of H-pyrrole nitrogens is 1. The van der Waals surface area contributed by atoms with Crippen LogP contribution in [0.25, 0.3) is 0 Å². The predicted molar refractivity (Wildman–Crippen MR) is 104 cm³/mol. The lowest BCUT2D eigenvalue weighted by Gasteiger charge is -2.30. The minimum atomic E-state index is -0.399. The summed E-state index contributed by atoms with van der Waals surface area (Å²) in [7, 11) is 0. The number of anilines is 1. The van der Waals surface area contributed by atoms with Crippen LogP contribution in [-0.2, 0) is 22.6 Å². The van der Waals surface area contributed by atoms with Gasteiger partial charge < -0.3 is 30.5 Å². The summed E-state index contributed by atoms with van der Waals surface area (Å²) in [5.74, 6) is -0.399. The van der Waals surface area contributed by atoms with Gasteiger partial charge in [0.2, 0.25) is 0 Å². The zero-order chi connectivity index (χ0) is 20.4. The van der Waals surface area contributed by atoms with Crippen molar-refractivity contribution in [2.24, 2.45) is 5.73 Å². The first-order chi connectivity index (χ1) is 13.6. The molecule has 1 amide bonds. The van der Waals surface area contributed by atoms with Gasteiger partial charge in [-0.3, -0.25) is 9.59 Å². The Morgan fingerprint density at radius 2 is 2.07 bits per heavy atom. The normalized spacial score (nSPS) is 12.2. The van der Waals surface area contributed by atoms with E-state index in [4.69, 9.17) is 4.79 Å². The van der Waals surface area contributed by atoms with Crippen molar-refractivity contribution in [3.05, 3.63) is 57.8 Å². The minimum absolute atomic E-state index is 0.0827. The first-order valence-electron chi connectivity index (χ1n) is 8.86. The lowest BCUT2D eigenvalue weighted by molar-refractivity contribution is -0.107. The molecule has 0 unspecified atom stereocenters. The highest BCUT2D eigenvalue weighted by molar-refractivity contribution is 5.92. The van der Waals surface area contributed by atoms with Gasteiger partial charge in [0.25, 0.3) is 11.5 Å². The smallest absolute Gasteiger partial charge is 0.270 e. The number of nitrogens with one attached hydrogen (secondary N) is 2. The largest absolute Gasteiger partial charge is 0.364 e. The van der Waals surface area contributed by atoms with Crippen molar-refractivity contribution in [3.8, 4) is 0 Å². The van der Waals surface area contributed by atoms with Gasteiger partial charge >= 0.3 is 0 Å². The number of fused-ring (bicyclic) bond motifs is 1. The number of aldehydes is 2. The van der Waals surface area contributed by atoms with E-state index < -0.39 is 5.91 Å². The van der Waals surface area contributed by atoms with E-state index in [9.17, 15) is 14.4 Å². The molecule has 1 aliphatic heterocycles. The maximum absolute atomic E-state index is 12.0. The van der Waals surface area contributed by atoms with E-state index in [-0.39, 0.29) is 17.8 Å². The quantitative estimate of drug-likeness (QED) is 0.585. The fourth-order valence-electron chi connectivity index (χ4n) is 2.85. The molecule has 0 radical (unpaired) electrons. The van der Waals surface area contributed by atoms with Crippen LogP contribution >= 0.6 is 0 Å². The highest BCUT2D eigenvalue weighted by Crippen LogP contribution is 2.27. The van der Waals surface area contributed by atoms with Gasteiger partial charge in [0.15, 0.2) is 0 Å². The molecule has 0 saturated carbocycles. The van der Waals surface area contributed by atoms with Crippen LogP contribution in [0.15, 0.2) is 35.4 Å². The van der Waals surface area contributed by atoms with Crippen molar-refractivity contribution in [3.63, 3.8) is 0 Å². The molecule has 3 rings (SSSR count). The summed E-state index contributed by atoms with van der Waals surface area (Å²) in [5.41, 5.74) is 7.58. The second-order valence-electron chi connectivity index (χ2n) is 6.06. The van der Waals surface area contributed by atoms with Crippen molar-refractivity contribution in [1.29, 1.82) is 0 Å². The van der Waals surface area contributed by atoms with Gasteiger partial charge in [-0.15, -0.1) is 0 Å². The molecule has 1 aliphatic rings. The Morgan fingerprint density at radius 1 is 1.29 bits per heavy atom. The van der Waals surface area contributed by atoms with Crippen LogP contribution in [0.1, 0.15) is 28.0 Å². The maximum atomic E-state index is 12.0. The third-order valence-electron chi connectivity index (χ3n) is 4.12. The van der Waals surface area contributed by atoms with Crippen LogP contribution in [-0.4, -0.2) is 48.1 Å². The molecule has 0 bridgehead atoms. The van der Waals surface area contributed by atoms with E-state index in [0.29, 0.717) is 19.4 Å². The number of hydrogen-bond donors (Lipinski definition) is 3. The van der Waals surface area contributed by atoms with Crippen LogP contribution in [0, 0.1) is 0 Å². The van der Waals surface area contributed by atoms with Crippen LogP contribution in [0.2, 0.25) is 0 Å². The number of nitrogens with zero attached hydrogens (tertiary/aromatic N) is 2. The summed E-state index contributed by atoms with van der Waals surface area (Å²) in [6.07, 6.45) is 4.79. The zero-order valence-electron chi connectivity index (χ0n) is 15.4.